The first kappa shape index (κ1) is 39.5. The molecule has 0 bridgehead atoms. The van der Waals surface area contributed by atoms with Gasteiger partial charge < -0.3 is 39.5 Å². The van der Waals surface area contributed by atoms with Crippen molar-refractivity contribution in [3.05, 3.63) is 36.0 Å². The Labute approximate surface area is 293 Å². The Morgan fingerprint density at radius 2 is 1.86 bits per heavy atom. The molecule has 1 amide bonds. The Morgan fingerprint density at radius 1 is 1.18 bits per heavy atom. The van der Waals surface area contributed by atoms with Crippen LogP contribution in [0.4, 0.5) is 4.79 Å². The summed E-state index contributed by atoms with van der Waals surface area (Å²) in [5.74, 6) is -0.934. The van der Waals surface area contributed by atoms with Crippen molar-refractivity contribution in [3.63, 3.8) is 0 Å². The lowest BCUT2D eigenvalue weighted by Crippen LogP contribution is -2.53. The normalized spacial score (nSPS) is 35.3. The fourth-order valence-electron chi connectivity index (χ4n) is 7.52. The molecule has 11 heteroatoms. The van der Waals surface area contributed by atoms with Crippen molar-refractivity contribution in [2.75, 3.05) is 26.2 Å². The van der Waals surface area contributed by atoms with E-state index in [0.29, 0.717) is 37.5 Å². The standard InChI is InChI=1S/C38H62N2O9/c1-7-30(42)27(4)35-31(47-35)24-37(5,45)17-10-11-25(2)34-26(3)14-15-32(38(6,46)18-16-29(41)23-33(43)49-34)48-36(44)40-21-19-39(20-22-40)28-12-8-9-13-28/h10-11,14-15,17,26-32,34-35,41-42,45-46H,7-9,12-13,16,18-24H2,1-6H3. The van der Waals surface area contributed by atoms with Crippen LogP contribution in [0, 0.1) is 11.8 Å². The molecule has 4 aliphatic rings. The monoisotopic (exact) mass is 690 g/mol. The van der Waals surface area contributed by atoms with E-state index in [1.165, 1.54) is 25.7 Å². The first-order valence-electron chi connectivity index (χ1n) is 18.5. The zero-order valence-corrected chi connectivity index (χ0v) is 30.5. The molecule has 0 aromatic rings. The second kappa shape index (κ2) is 17.3. The largest absolute Gasteiger partial charge is 0.457 e. The number of carbonyl (C=O) groups is 2. The van der Waals surface area contributed by atoms with Crippen molar-refractivity contribution in [2.45, 2.75) is 153 Å². The van der Waals surface area contributed by atoms with Crippen molar-refractivity contribution < 1.29 is 44.2 Å². The lowest BCUT2D eigenvalue weighted by atomic mass is 9.88. The molecule has 0 aromatic carbocycles. The number of nitrogens with zero attached hydrogens (tertiary/aromatic N) is 2. The Kier molecular flexibility index (Phi) is 13.9. The third-order valence-corrected chi connectivity index (χ3v) is 11.0. The number of aliphatic hydroxyl groups excluding tert-OH is 2. The van der Waals surface area contributed by atoms with E-state index in [1.807, 2.05) is 27.7 Å². The lowest BCUT2D eigenvalue weighted by molar-refractivity contribution is -0.151. The molecule has 10 atom stereocenters. The molecule has 4 N–H and O–H groups in total. The van der Waals surface area contributed by atoms with E-state index in [1.54, 1.807) is 49.1 Å². The zero-order valence-electron chi connectivity index (χ0n) is 30.5. The average molecular weight is 691 g/mol. The van der Waals surface area contributed by atoms with Crippen molar-refractivity contribution in [1.82, 2.24) is 9.80 Å². The minimum atomic E-state index is -1.48. The number of aliphatic hydroxyl groups is 4. The summed E-state index contributed by atoms with van der Waals surface area (Å²) in [4.78, 5) is 30.4. The number of hydrogen-bond donors (Lipinski definition) is 4. The number of hydrogen-bond acceptors (Lipinski definition) is 10. The number of amides is 1. The highest BCUT2D eigenvalue weighted by atomic mass is 16.6. The molecule has 0 radical (unpaired) electrons. The van der Waals surface area contributed by atoms with Crippen LogP contribution >= 0.6 is 0 Å². The topological polar surface area (TPSA) is 153 Å². The van der Waals surface area contributed by atoms with Gasteiger partial charge in [-0.3, -0.25) is 9.69 Å². The van der Waals surface area contributed by atoms with E-state index in [2.05, 4.69) is 4.90 Å². The van der Waals surface area contributed by atoms with Crippen LogP contribution in [0.5, 0.6) is 0 Å². The van der Waals surface area contributed by atoms with Crippen molar-refractivity contribution >= 4 is 12.1 Å². The number of rotatable bonds is 10. The third-order valence-electron chi connectivity index (χ3n) is 11.0. The quantitative estimate of drug-likeness (QED) is 0.113. The molecule has 1 aliphatic carbocycles. The summed E-state index contributed by atoms with van der Waals surface area (Å²) >= 11 is 0. The van der Waals surface area contributed by atoms with E-state index < -0.39 is 47.7 Å². The van der Waals surface area contributed by atoms with E-state index >= 15 is 0 Å². The second-order valence-corrected chi connectivity index (χ2v) is 15.5. The summed E-state index contributed by atoms with van der Waals surface area (Å²) in [6.45, 7) is 13.6. The van der Waals surface area contributed by atoms with Gasteiger partial charge >= 0.3 is 12.1 Å². The van der Waals surface area contributed by atoms with Crippen molar-refractivity contribution in [3.8, 4) is 0 Å². The maximum Gasteiger partial charge on any atom is 0.410 e. The van der Waals surface area contributed by atoms with E-state index in [9.17, 15) is 30.0 Å². The van der Waals surface area contributed by atoms with Crippen LogP contribution in [-0.4, -0.2) is 122 Å². The molecular formula is C38H62N2O9. The first-order chi connectivity index (χ1) is 23.1. The van der Waals surface area contributed by atoms with Crippen molar-refractivity contribution in [1.29, 1.82) is 0 Å². The predicted molar refractivity (Wildman–Crippen MR) is 187 cm³/mol. The van der Waals surface area contributed by atoms with Gasteiger partial charge in [0.05, 0.1) is 36.4 Å². The smallest absolute Gasteiger partial charge is 0.410 e. The van der Waals surface area contributed by atoms with E-state index in [4.69, 9.17) is 14.2 Å². The van der Waals surface area contributed by atoms with Crippen LogP contribution in [0.2, 0.25) is 0 Å². The van der Waals surface area contributed by atoms with Gasteiger partial charge in [0.2, 0.25) is 0 Å². The summed E-state index contributed by atoms with van der Waals surface area (Å²) in [6, 6.07) is 0.601. The van der Waals surface area contributed by atoms with Gasteiger partial charge in [0, 0.05) is 50.5 Å². The molecular weight excluding hydrogens is 628 g/mol. The molecule has 278 valence electrons. The Balaban J connectivity index is 1.43. The van der Waals surface area contributed by atoms with Gasteiger partial charge in [0.1, 0.15) is 11.7 Å². The maximum atomic E-state index is 13.3. The fraction of sp³-hybridized carbons (Fsp3) is 0.789. The average Bonchev–Trinajstić information content (AvgIpc) is 3.57. The lowest BCUT2D eigenvalue weighted by Gasteiger charge is -2.39. The molecule has 3 heterocycles. The molecule has 2 saturated heterocycles. The zero-order chi connectivity index (χ0) is 35.9. The maximum absolute atomic E-state index is 13.3. The SMILES string of the molecule is CCC(O)C(C)C1OC1CC(C)(O)C=CC=C(C)C1OC(=O)CC(O)CCC(C)(O)C(OC(=O)N2CCN(C3CCCC3)CC2)C=CC1C. The number of cyclic esters (lactones) is 1. The molecule has 4 rings (SSSR count). The second-order valence-electron chi connectivity index (χ2n) is 15.5. The molecule has 1 saturated carbocycles. The first-order valence-corrected chi connectivity index (χ1v) is 18.5. The van der Waals surface area contributed by atoms with Gasteiger partial charge in [-0.05, 0) is 64.5 Å². The van der Waals surface area contributed by atoms with E-state index in [0.717, 1.165) is 13.1 Å². The van der Waals surface area contributed by atoms with Gasteiger partial charge in [-0.25, -0.2) is 4.79 Å². The summed E-state index contributed by atoms with van der Waals surface area (Å²) in [6.07, 6.45) is 10.8. The summed E-state index contributed by atoms with van der Waals surface area (Å²) in [5.41, 5.74) is -1.92. The Hall–Kier alpha value is -2.28. The Bertz CT molecular complexity index is 1190. The minimum Gasteiger partial charge on any atom is -0.457 e. The number of allylic oxidation sites excluding steroid dienone is 2. The molecule has 0 aromatic heterocycles. The highest BCUT2D eigenvalue weighted by molar-refractivity contribution is 5.70. The van der Waals surface area contributed by atoms with Gasteiger partial charge in [-0.15, -0.1) is 0 Å². The highest BCUT2D eigenvalue weighted by Gasteiger charge is 2.47. The van der Waals surface area contributed by atoms with Crippen LogP contribution in [0.3, 0.4) is 0 Å². The number of piperazine rings is 1. The summed E-state index contributed by atoms with van der Waals surface area (Å²) in [5, 5.41) is 43.3. The summed E-state index contributed by atoms with van der Waals surface area (Å²) in [7, 11) is 0. The Morgan fingerprint density at radius 3 is 2.51 bits per heavy atom. The van der Waals surface area contributed by atoms with Crippen LogP contribution in [0.25, 0.3) is 0 Å². The van der Waals surface area contributed by atoms with Gasteiger partial charge in [0.15, 0.2) is 6.10 Å². The fourth-order valence-corrected chi connectivity index (χ4v) is 7.52. The van der Waals surface area contributed by atoms with E-state index in [-0.39, 0.29) is 43.3 Å². The van der Waals surface area contributed by atoms with Crippen molar-refractivity contribution in [2.24, 2.45) is 11.8 Å². The third kappa shape index (κ3) is 11.4. The highest BCUT2D eigenvalue weighted by Crippen LogP contribution is 2.37. The van der Waals surface area contributed by atoms with Crippen LogP contribution in [0.1, 0.15) is 99.3 Å². The molecule has 3 aliphatic heterocycles. The minimum absolute atomic E-state index is 0.00965. The number of esters is 1. The number of epoxide rings is 1. The van der Waals surface area contributed by atoms with Crippen LogP contribution in [0.15, 0.2) is 36.0 Å². The number of ether oxygens (including phenoxy) is 3. The van der Waals surface area contributed by atoms with Gasteiger partial charge in [0.25, 0.3) is 0 Å². The van der Waals surface area contributed by atoms with Crippen LogP contribution in [-0.2, 0) is 19.0 Å². The van der Waals surface area contributed by atoms with Gasteiger partial charge in [-0.1, -0.05) is 57.9 Å². The predicted octanol–water partition coefficient (Wildman–Crippen LogP) is 4.27. The van der Waals surface area contributed by atoms with Gasteiger partial charge in [-0.2, -0.15) is 0 Å². The van der Waals surface area contributed by atoms with Crippen LogP contribution < -0.4 is 0 Å². The number of carbonyl (C=O) groups excluding carboxylic acids is 2. The molecule has 3 fully saturated rings. The molecule has 11 nitrogen and oxygen atoms in total. The molecule has 49 heavy (non-hydrogen) atoms. The molecule has 0 spiro atoms. The summed E-state index contributed by atoms with van der Waals surface area (Å²) < 4.78 is 17.6. The molecule has 10 unspecified atom stereocenters.